The van der Waals surface area contributed by atoms with Crippen LogP contribution in [-0.4, -0.2) is 24.3 Å². The number of anilines is 1. The highest BCUT2D eigenvalue weighted by Gasteiger charge is 2.37. The minimum absolute atomic E-state index is 0.0836. The summed E-state index contributed by atoms with van der Waals surface area (Å²) in [6.07, 6.45) is -9.40. The van der Waals surface area contributed by atoms with Gasteiger partial charge in [-0.15, -0.1) is 0 Å². The van der Waals surface area contributed by atoms with Crippen LogP contribution in [0.4, 0.5) is 32.0 Å². The Morgan fingerprint density at radius 3 is 1.79 bits per heavy atom. The minimum atomic E-state index is -4.90. The minimum Gasteiger partial charge on any atom is -0.508 e. The van der Waals surface area contributed by atoms with Crippen molar-refractivity contribution in [1.29, 1.82) is 0 Å². The Labute approximate surface area is 157 Å². The average molecular weight is 405 g/mol. The van der Waals surface area contributed by atoms with Gasteiger partial charge in [-0.1, -0.05) is 0 Å². The lowest BCUT2D eigenvalue weighted by molar-refractivity contribution is -0.143. The Kier molecular flexibility index (Phi) is 5.36. The first-order valence-electron chi connectivity index (χ1n) is 8.52. The molecule has 152 valence electrons. The van der Waals surface area contributed by atoms with E-state index < -0.39 is 35.3 Å². The van der Waals surface area contributed by atoms with E-state index in [2.05, 4.69) is 0 Å². The second kappa shape index (κ2) is 7.44. The van der Waals surface area contributed by atoms with E-state index in [4.69, 9.17) is 4.74 Å². The van der Waals surface area contributed by atoms with Gasteiger partial charge in [0.25, 0.3) is 0 Å². The highest BCUT2D eigenvalue weighted by atomic mass is 19.4. The van der Waals surface area contributed by atoms with Crippen LogP contribution >= 0.6 is 0 Å². The number of ether oxygens (including phenoxy) is 1. The molecule has 1 heterocycles. The van der Waals surface area contributed by atoms with Gasteiger partial charge in [-0.25, -0.2) is 0 Å². The summed E-state index contributed by atoms with van der Waals surface area (Å²) in [5.74, 6) is -0.308. The molecular weight excluding hydrogens is 388 g/mol. The number of halogens is 6. The van der Waals surface area contributed by atoms with Crippen molar-refractivity contribution in [2.24, 2.45) is 0 Å². The molecule has 2 aromatic rings. The molecule has 1 aliphatic heterocycles. The van der Waals surface area contributed by atoms with E-state index in [1.165, 1.54) is 0 Å². The maximum Gasteiger partial charge on any atom is 0.416 e. The predicted molar refractivity (Wildman–Crippen MR) is 90.4 cm³/mol. The van der Waals surface area contributed by atoms with Gasteiger partial charge in [0.15, 0.2) is 0 Å². The molecule has 1 aliphatic rings. The molecule has 0 unspecified atom stereocenters. The zero-order valence-corrected chi connectivity index (χ0v) is 14.5. The lowest BCUT2D eigenvalue weighted by atomic mass is 10.1. The van der Waals surface area contributed by atoms with Crippen LogP contribution in [0.2, 0.25) is 0 Å². The first-order chi connectivity index (χ1) is 13.0. The van der Waals surface area contributed by atoms with Crippen LogP contribution in [0.25, 0.3) is 0 Å². The van der Waals surface area contributed by atoms with Crippen LogP contribution in [-0.2, 0) is 12.4 Å². The standard InChI is InChI=1S/C19H17F6NO2/c20-18(21,22)12-9-13(19(23,24)25)11-17(10-12)28-16-5-7-26(8-6-16)14-1-3-15(27)4-2-14/h1-4,9-11,16,27H,5-8H2. The number of hydrogen-bond donors (Lipinski definition) is 1. The van der Waals surface area contributed by atoms with Crippen molar-refractivity contribution in [2.75, 3.05) is 18.0 Å². The third kappa shape index (κ3) is 4.82. The largest absolute Gasteiger partial charge is 0.508 e. The zero-order valence-electron chi connectivity index (χ0n) is 14.5. The van der Waals surface area contributed by atoms with Gasteiger partial charge in [-0.3, -0.25) is 0 Å². The molecule has 0 spiro atoms. The number of phenolic OH excluding ortho intramolecular Hbond substituents is 1. The smallest absolute Gasteiger partial charge is 0.416 e. The molecule has 0 saturated carbocycles. The van der Waals surface area contributed by atoms with E-state index in [9.17, 15) is 31.4 Å². The summed E-state index contributed by atoms with van der Waals surface area (Å²) < 4.78 is 83.1. The van der Waals surface area contributed by atoms with Gasteiger partial charge in [-0.2, -0.15) is 26.3 Å². The zero-order chi connectivity index (χ0) is 20.5. The van der Waals surface area contributed by atoms with Crippen molar-refractivity contribution < 1.29 is 36.2 Å². The maximum absolute atomic E-state index is 12.9. The van der Waals surface area contributed by atoms with E-state index >= 15 is 0 Å². The number of phenols is 1. The van der Waals surface area contributed by atoms with E-state index in [-0.39, 0.29) is 11.8 Å². The lowest BCUT2D eigenvalue weighted by Crippen LogP contribution is -2.38. The van der Waals surface area contributed by atoms with Crippen LogP contribution in [0.5, 0.6) is 11.5 Å². The van der Waals surface area contributed by atoms with Crippen molar-refractivity contribution >= 4 is 5.69 Å². The Morgan fingerprint density at radius 2 is 1.32 bits per heavy atom. The first kappa shape index (κ1) is 20.2. The first-order valence-corrected chi connectivity index (χ1v) is 8.52. The summed E-state index contributed by atoms with van der Waals surface area (Å²) in [5, 5.41) is 9.32. The monoisotopic (exact) mass is 405 g/mol. The van der Waals surface area contributed by atoms with Gasteiger partial charge in [0.05, 0.1) is 11.1 Å². The van der Waals surface area contributed by atoms with Gasteiger partial charge >= 0.3 is 12.4 Å². The summed E-state index contributed by atoms with van der Waals surface area (Å²) in [6, 6.07) is 7.83. The molecule has 0 aliphatic carbocycles. The topological polar surface area (TPSA) is 32.7 Å². The molecule has 0 atom stereocenters. The number of piperidine rings is 1. The van der Waals surface area contributed by atoms with Crippen LogP contribution in [0, 0.1) is 0 Å². The second-order valence-electron chi connectivity index (χ2n) is 6.56. The van der Waals surface area contributed by atoms with E-state index in [1.807, 2.05) is 4.90 Å². The fourth-order valence-corrected chi connectivity index (χ4v) is 3.08. The molecule has 3 nitrogen and oxygen atoms in total. The van der Waals surface area contributed by atoms with Crippen LogP contribution < -0.4 is 9.64 Å². The third-order valence-corrected chi connectivity index (χ3v) is 4.52. The average Bonchev–Trinajstić information content (AvgIpc) is 2.61. The quantitative estimate of drug-likeness (QED) is 0.687. The molecule has 0 bridgehead atoms. The number of rotatable bonds is 3. The number of benzene rings is 2. The lowest BCUT2D eigenvalue weighted by Gasteiger charge is -2.34. The fraction of sp³-hybridized carbons (Fsp3) is 0.368. The molecule has 1 saturated heterocycles. The molecule has 0 amide bonds. The third-order valence-electron chi connectivity index (χ3n) is 4.52. The van der Waals surface area contributed by atoms with Crippen LogP contribution in [0.1, 0.15) is 24.0 Å². The van der Waals surface area contributed by atoms with Crippen molar-refractivity contribution in [3.63, 3.8) is 0 Å². The van der Waals surface area contributed by atoms with Crippen molar-refractivity contribution in [3.8, 4) is 11.5 Å². The predicted octanol–water partition coefficient (Wildman–Crippen LogP) is 5.48. The Bertz CT molecular complexity index is 776. The van der Waals surface area contributed by atoms with Gasteiger partial charge in [0.1, 0.15) is 17.6 Å². The Hall–Kier alpha value is -2.58. The molecule has 9 heteroatoms. The van der Waals surface area contributed by atoms with Crippen LogP contribution in [0.3, 0.4) is 0 Å². The Morgan fingerprint density at radius 1 is 0.821 bits per heavy atom. The van der Waals surface area contributed by atoms with E-state index in [1.54, 1.807) is 24.3 Å². The maximum atomic E-state index is 12.9. The molecule has 3 rings (SSSR count). The second-order valence-corrected chi connectivity index (χ2v) is 6.56. The van der Waals surface area contributed by atoms with Crippen molar-refractivity contribution in [3.05, 3.63) is 53.6 Å². The number of aromatic hydroxyl groups is 1. The van der Waals surface area contributed by atoms with E-state index in [0.717, 1.165) is 5.69 Å². The molecule has 0 aromatic heterocycles. The summed E-state index contributed by atoms with van der Waals surface area (Å²) in [4.78, 5) is 2.01. The van der Waals surface area contributed by atoms with Gasteiger partial charge in [-0.05, 0) is 42.5 Å². The molecule has 0 radical (unpaired) electrons. The molecule has 1 N–H and O–H groups in total. The molecule has 1 fully saturated rings. The summed E-state index contributed by atoms with van der Waals surface area (Å²) in [7, 11) is 0. The number of nitrogens with zero attached hydrogens (tertiary/aromatic N) is 1. The van der Waals surface area contributed by atoms with E-state index in [0.29, 0.717) is 38.1 Å². The van der Waals surface area contributed by atoms with Crippen LogP contribution in [0.15, 0.2) is 42.5 Å². The molecular formula is C19H17F6NO2. The van der Waals surface area contributed by atoms with Crippen molar-refractivity contribution in [1.82, 2.24) is 0 Å². The summed E-state index contributed by atoms with van der Waals surface area (Å²) >= 11 is 0. The van der Waals surface area contributed by atoms with Gasteiger partial charge in [0.2, 0.25) is 0 Å². The van der Waals surface area contributed by atoms with Crippen molar-refractivity contribution in [2.45, 2.75) is 31.3 Å². The Balaban J connectivity index is 1.71. The normalized spacial score (nSPS) is 16.3. The summed E-state index contributed by atoms with van der Waals surface area (Å²) in [5.41, 5.74) is -1.91. The molecule has 28 heavy (non-hydrogen) atoms. The highest BCUT2D eigenvalue weighted by Crippen LogP contribution is 2.38. The fourth-order valence-electron chi connectivity index (χ4n) is 3.08. The number of alkyl halides is 6. The molecule has 2 aromatic carbocycles. The highest BCUT2D eigenvalue weighted by molar-refractivity contribution is 5.49. The van der Waals surface area contributed by atoms with Gasteiger partial charge < -0.3 is 14.7 Å². The summed E-state index contributed by atoms with van der Waals surface area (Å²) in [6.45, 7) is 1.06. The number of hydrogen-bond acceptors (Lipinski definition) is 3. The van der Waals surface area contributed by atoms with Gasteiger partial charge in [0, 0.05) is 31.6 Å². The SMILES string of the molecule is Oc1ccc(N2CCC(Oc3cc(C(F)(F)F)cc(C(F)(F)F)c3)CC2)cc1.